The summed E-state index contributed by atoms with van der Waals surface area (Å²) in [4.78, 5) is 11.2. The second-order valence-corrected chi connectivity index (χ2v) is 5.33. The Balaban J connectivity index is 2.03. The van der Waals surface area contributed by atoms with Gasteiger partial charge in [0.1, 0.15) is 0 Å². The van der Waals surface area contributed by atoms with Gasteiger partial charge in [0.05, 0.1) is 0 Å². The van der Waals surface area contributed by atoms with Crippen molar-refractivity contribution in [1.29, 1.82) is 0 Å². The average molecular weight is 242 g/mol. The SMILES string of the molecule is CCNC1CCCC1Sc1n[nH]c(=O)n1C. The van der Waals surface area contributed by atoms with Crippen molar-refractivity contribution in [2.45, 2.75) is 42.6 Å². The largest absolute Gasteiger partial charge is 0.343 e. The van der Waals surface area contributed by atoms with Crippen LogP contribution in [0.5, 0.6) is 0 Å². The van der Waals surface area contributed by atoms with Crippen molar-refractivity contribution in [3.05, 3.63) is 10.5 Å². The number of rotatable bonds is 4. The molecular formula is C10H18N4OS. The van der Waals surface area contributed by atoms with E-state index in [1.54, 1.807) is 23.4 Å². The van der Waals surface area contributed by atoms with Gasteiger partial charge in [0, 0.05) is 18.3 Å². The molecule has 0 spiro atoms. The molecule has 1 aromatic heterocycles. The quantitative estimate of drug-likeness (QED) is 0.817. The molecule has 0 aromatic carbocycles. The van der Waals surface area contributed by atoms with Crippen LogP contribution in [0.25, 0.3) is 0 Å². The summed E-state index contributed by atoms with van der Waals surface area (Å²) in [6.45, 7) is 3.13. The fraction of sp³-hybridized carbons (Fsp3) is 0.800. The van der Waals surface area contributed by atoms with Crippen molar-refractivity contribution in [2.75, 3.05) is 6.54 Å². The summed E-state index contributed by atoms with van der Waals surface area (Å²) in [5.41, 5.74) is -0.138. The van der Waals surface area contributed by atoms with Gasteiger partial charge in [-0.2, -0.15) is 0 Å². The van der Waals surface area contributed by atoms with E-state index in [4.69, 9.17) is 0 Å². The van der Waals surface area contributed by atoms with E-state index in [9.17, 15) is 4.79 Å². The summed E-state index contributed by atoms with van der Waals surface area (Å²) in [6, 6.07) is 0.557. The predicted molar refractivity (Wildman–Crippen MR) is 64.8 cm³/mol. The molecule has 5 nitrogen and oxygen atoms in total. The standard InChI is InChI=1S/C10H18N4OS/c1-3-11-7-5-4-6-8(7)16-10-13-12-9(15)14(10)2/h7-8,11H,3-6H2,1-2H3,(H,12,15). The average Bonchev–Trinajstić information content (AvgIpc) is 2.82. The van der Waals surface area contributed by atoms with Gasteiger partial charge in [-0.1, -0.05) is 25.1 Å². The molecule has 0 radical (unpaired) electrons. The first-order chi connectivity index (χ1) is 7.72. The van der Waals surface area contributed by atoms with E-state index in [2.05, 4.69) is 22.4 Å². The third-order valence-corrected chi connectivity index (χ3v) is 4.46. The molecule has 1 aromatic rings. The Morgan fingerprint density at radius 2 is 2.44 bits per heavy atom. The van der Waals surface area contributed by atoms with Crippen molar-refractivity contribution in [2.24, 2.45) is 7.05 Å². The molecule has 2 N–H and O–H groups in total. The third kappa shape index (κ3) is 2.32. The maximum absolute atomic E-state index is 11.2. The summed E-state index contributed by atoms with van der Waals surface area (Å²) in [7, 11) is 1.76. The second kappa shape index (κ2) is 5.05. The zero-order chi connectivity index (χ0) is 11.5. The number of aromatic nitrogens is 3. The van der Waals surface area contributed by atoms with Crippen molar-refractivity contribution in [1.82, 2.24) is 20.1 Å². The van der Waals surface area contributed by atoms with Gasteiger partial charge in [0.2, 0.25) is 0 Å². The minimum absolute atomic E-state index is 0.138. The molecule has 1 saturated carbocycles. The number of nitrogens with zero attached hydrogens (tertiary/aromatic N) is 2. The first kappa shape index (κ1) is 11.7. The van der Waals surface area contributed by atoms with Crippen LogP contribution in [0.3, 0.4) is 0 Å². The summed E-state index contributed by atoms with van der Waals surface area (Å²) in [6.07, 6.45) is 3.68. The number of thioether (sulfide) groups is 1. The zero-order valence-electron chi connectivity index (χ0n) is 9.69. The smallest absolute Gasteiger partial charge is 0.313 e. The molecule has 0 amide bonds. The van der Waals surface area contributed by atoms with E-state index in [-0.39, 0.29) is 5.69 Å². The van der Waals surface area contributed by atoms with Crippen LogP contribution in [0.2, 0.25) is 0 Å². The molecule has 2 unspecified atom stereocenters. The van der Waals surface area contributed by atoms with Crippen LogP contribution in [-0.4, -0.2) is 32.6 Å². The van der Waals surface area contributed by atoms with E-state index < -0.39 is 0 Å². The number of aromatic amines is 1. The number of H-pyrrole nitrogens is 1. The minimum atomic E-state index is -0.138. The normalized spacial score (nSPS) is 25.1. The summed E-state index contributed by atoms with van der Waals surface area (Å²) < 4.78 is 1.58. The van der Waals surface area contributed by atoms with Crippen LogP contribution in [0.15, 0.2) is 9.95 Å². The van der Waals surface area contributed by atoms with Gasteiger partial charge in [-0.25, -0.2) is 9.89 Å². The highest BCUT2D eigenvalue weighted by atomic mass is 32.2. The van der Waals surface area contributed by atoms with Gasteiger partial charge < -0.3 is 5.32 Å². The Morgan fingerprint density at radius 1 is 1.62 bits per heavy atom. The van der Waals surface area contributed by atoms with Crippen LogP contribution in [-0.2, 0) is 7.05 Å². The fourth-order valence-corrected chi connectivity index (χ4v) is 3.43. The van der Waals surface area contributed by atoms with Crippen molar-refractivity contribution in [3.8, 4) is 0 Å². The Morgan fingerprint density at radius 3 is 3.06 bits per heavy atom. The molecule has 0 bridgehead atoms. The van der Waals surface area contributed by atoms with Gasteiger partial charge in [-0.05, 0) is 19.4 Å². The predicted octanol–water partition coefficient (Wildman–Crippen LogP) is 0.731. The van der Waals surface area contributed by atoms with E-state index in [0.29, 0.717) is 11.3 Å². The summed E-state index contributed by atoms with van der Waals surface area (Å²) >= 11 is 1.70. The van der Waals surface area contributed by atoms with Crippen molar-refractivity contribution < 1.29 is 0 Å². The maximum Gasteiger partial charge on any atom is 0.343 e. The van der Waals surface area contributed by atoms with Crippen molar-refractivity contribution >= 4 is 11.8 Å². The lowest BCUT2D eigenvalue weighted by molar-refractivity contribution is 0.549. The molecule has 2 rings (SSSR count). The highest BCUT2D eigenvalue weighted by Gasteiger charge is 2.28. The van der Waals surface area contributed by atoms with Gasteiger partial charge in [0.25, 0.3) is 0 Å². The number of hydrogen-bond acceptors (Lipinski definition) is 4. The summed E-state index contributed by atoms with van der Waals surface area (Å²) in [5, 5.41) is 11.3. The highest BCUT2D eigenvalue weighted by molar-refractivity contribution is 7.99. The van der Waals surface area contributed by atoms with E-state index >= 15 is 0 Å². The Bertz CT molecular complexity index is 400. The van der Waals surface area contributed by atoms with Crippen molar-refractivity contribution in [3.63, 3.8) is 0 Å². The topological polar surface area (TPSA) is 62.7 Å². The molecule has 1 aliphatic carbocycles. The molecule has 0 saturated heterocycles. The Kier molecular flexibility index (Phi) is 3.70. The van der Waals surface area contributed by atoms with Gasteiger partial charge in [-0.15, -0.1) is 5.10 Å². The third-order valence-electron chi connectivity index (χ3n) is 3.01. The van der Waals surface area contributed by atoms with Gasteiger partial charge in [-0.3, -0.25) is 4.57 Å². The van der Waals surface area contributed by atoms with Crippen LogP contribution >= 0.6 is 11.8 Å². The van der Waals surface area contributed by atoms with Crippen LogP contribution in [0.1, 0.15) is 26.2 Å². The first-order valence-corrected chi connectivity index (χ1v) is 6.61. The van der Waals surface area contributed by atoms with Crippen LogP contribution < -0.4 is 11.0 Å². The van der Waals surface area contributed by atoms with Crippen LogP contribution in [0, 0.1) is 0 Å². The lowest BCUT2D eigenvalue weighted by Gasteiger charge is -2.18. The Labute approximate surface area is 99.0 Å². The van der Waals surface area contributed by atoms with E-state index in [0.717, 1.165) is 11.7 Å². The van der Waals surface area contributed by atoms with Crippen LogP contribution in [0.4, 0.5) is 0 Å². The monoisotopic (exact) mass is 242 g/mol. The fourth-order valence-electron chi connectivity index (χ4n) is 2.14. The van der Waals surface area contributed by atoms with E-state index in [1.165, 1.54) is 19.3 Å². The molecule has 1 heterocycles. The molecular weight excluding hydrogens is 224 g/mol. The minimum Gasteiger partial charge on any atom is -0.313 e. The van der Waals surface area contributed by atoms with Gasteiger partial charge in [0.15, 0.2) is 5.16 Å². The molecule has 2 atom stereocenters. The Hall–Kier alpha value is -0.750. The lowest BCUT2D eigenvalue weighted by Crippen LogP contribution is -2.34. The highest BCUT2D eigenvalue weighted by Crippen LogP contribution is 2.33. The molecule has 0 aliphatic heterocycles. The summed E-state index contributed by atoms with van der Waals surface area (Å²) in [5.74, 6) is 0. The molecule has 1 fully saturated rings. The maximum atomic E-state index is 11.2. The number of nitrogens with one attached hydrogen (secondary N) is 2. The van der Waals surface area contributed by atoms with E-state index in [1.807, 2.05) is 0 Å². The zero-order valence-corrected chi connectivity index (χ0v) is 10.5. The number of hydrogen-bond donors (Lipinski definition) is 2. The van der Waals surface area contributed by atoms with Gasteiger partial charge >= 0.3 is 5.69 Å². The molecule has 6 heteroatoms. The lowest BCUT2D eigenvalue weighted by atomic mass is 10.2. The molecule has 1 aliphatic rings. The molecule has 16 heavy (non-hydrogen) atoms. The second-order valence-electron chi connectivity index (χ2n) is 4.12. The molecule has 90 valence electrons. The first-order valence-electron chi connectivity index (χ1n) is 5.73.